The van der Waals surface area contributed by atoms with E-state index < -0.39 is 0 Å². The van der Waals surface area contributed by atoms with Gasteiger partial charge in [-0.1, -0.05) is 0 Å². The normalized spacial score (nSPS) is 35.7. The summed E-state index contributed by atoms with van der Waals surface area (Å²) >= 11 is 0. The molecule has 0 aliphatic carbocycles. The van der Waals surface area contributed by atoms with Gasteiger partial charge in [-0.2, -0.15) is 0 Å². The van der Waals surface area contributed by atoms with E-state index in [9.17, 15) is 0 Å². The molecule has 0 saturated carbocycles. The van der Waals surface area contributed by atoms with Gasteiger partial charge in [0.05, 0.1) is 25.6 Å². The molecule has 0 spiro atoms. The molecule has 0 amide bonds. The number of hydrogen-bond donors (Lipinski definition) is 0. The van der Waals surface area contributed by atoms with Crippen LogP contribution in [0.25, 0.3) is 0 Å². The molecular formula is C9H16O2. The molecule has 2 nitrogen and oxygen atoms in total. The van der Waals surface area contributed by atoms with E-state index >= 15 is 0 Å². The highest BCUT2D eigenvalue weighted by atomic mass is 16.5. The van der Waals surface area contributed by atoms with Gasteiger partial charge in [0.2, 0.25) is 0 Å². The molecule has 1 rings (SSSR count). The molecule has 0 bridgehead atoms. The first kappa shape index (κ1) is 8.60. The van der Waals surface area contributed by atoms with Crippen LogP contribution >= 0.6 is 0 Å². The first-order valence-corrected chi connectivity index (χ1v) is 4.11. The Bertz CT molecular complexity index is 152. The lowest BCUT2D eigenvalue weighted by Gasteiger charge is -2.27. The maximum absolute atomic E-state index is 5.60. The maximum Gasteiger partial charge on any atom is 0.0842 e. The third-order valence-electron chi connectivity index (χ3n) is 2.07. The maximum atomic E-state index is 5.60. The Kier molecular flexibility index (Phi) is 2.94. The Morgan fingerprint density at radius 1 is 1.55 bits per heavy atom. The quantitative estimate of drug-likeness (QED) is 0.541. The SMILES string of the molecule is COC=C1CCC(C)OC1C. The van der Waals surface area contributed by atoms with Crippen molar-refractivity contribution in [1.82, 2.24) is 0 Å². The fraction of sp³-hybridized carbons (Fsp3) is 0.778. The molecule has 1 heterocycles. The van der Waals surface area contributed by atoms with Crippen LogP contribution in [0.1, 0.15) is 26.7 Å². The van der Waals surface area contributed by atoms with Crippen molar-refractivity contribution in [2.45, 2.75) is 38.9 Å². The lowest BCUT2D eigenvalue weighted by molar-refractivity contribution is -0.000267. The minimum atomic E-state index is 0.235. The van der Waals surface area contributed by atoms with E-state index in [4.69, 9.17) is 9.47 Å². The molecule has 0 aromatic carbocycles. The van der Waals surface area contributed by atoms with Gasteiger partial charge in [-0.05, 0) is 32.3 Å². The largest absolute Gasteiger partial charge is 0.504 e. The van der Waals surface area contributed by atoms with Crippen molar-refractivity contribution < 1.29 is 9.47 Å². The second-order valence-electron chi connectivity index (χ2n) is 3.06. The monoisotopic (exact) mass is 156 g/mol. The van der Waals surface area contributed by atoms with Gasteiger partial charge in [0.1, 0.15) is 0 Å². The average molecular weight is 156 g/mol. The fourth-order valence-corrected chi connectivity index (χ4v) is 1.38. The third kappa shape index (κ3) is 2.22. The van der Waals surface area contributed by atoms with Crippen LogP contribution in [-0.2, 0) is 9.47 Å². The molecule has 0 aromatic rings. The van der Waals surface area contributed by atoms with Crippen LogP contribution in [0.4, 0.5) is 0 Å². The highest BCUT2D eigenvalue weighted by Crippen LogP contribution is 2.23. The molecule has 0 radical (unpaired) electrons. The third-order valence-corrected chi connectivity index (χ3v) is 2.07. The first-order valence-electron chi connectivity index (χ1n) is 4.11. The first-order chi connectivity index (χ1) is 5.24. The Morgan fingerprint density at radius 2 is 2.27 bits per heavy atom. The second-order valence-corrected chi connectivity index (χ2v) is 3.06. The molecule has 1 aliphatic heterocycles. The minimum absolute atomic E-state index is 0.235. The smallest absolute Gasteiger partial charge is 0.0842 e. The zero-order valence-electron chi connectivity index (χ0n) is 7.46. The average Bonchev–Trinajstić information content (AvgIpc) is 1.95. The van der Waals surface area contributed by atoms with Crippen molar-refractivity contribution in [2.75, 3.05) is 7.11 Å². The number of methoxy groups -OCH3 is 1. The summed E-state index contributed by atoms with van der Waals surface area (Å²) in [6.07, 6.45) is 4.66. The van der Waals surface area contributed by atoms with E-state index in [2.05, 4.69) is 13.8 Å². The molecule has 2 heteroatoms. The molecule has 0 N–H and O–H groups in total. The van der Waals surface area contributed by atoms with Crippen LogP contribution in [0.2, 0.25) is 0 Å². The van der Waals surface area contributed by atoms with Crippen LogP contribution in [-0.4, -0.2) is 19.3 Å². The van der Waals surface area contributed by atoms with E-state index in [1.165, 1.54) is 5.57 Å². The number of hydrogen-bond acceptors (Lipinski definition) is 2. The van der Waals surface area contributed by atoms with Crippen LogP contribution in [0.15, 0.2) is 11.8 Å². The van der Waals surface area contributed by atoms with Gasteiger partial charge < -0.3 is 9.47 Å². The van der Waals surface area contributed by atoms with Crippen molar-refractivity contribution in [3.05, 3.63) is 11.8 Å². The summed E-state index contributed by atoms with van der Waals surface area (Å²) in [5.74, 6) is 0. The van der Waals surface area contributed by atoms with Crippen molar-refractivity contribution in [3.8, 4) is 0 Å². The van der Waals surface area contributed by atoms with Crippen molar-refractivity contribution >= 4 is 0 Å². The summed E-state index contributed by atoms with van der Waals surface area (Å²) in [5, 5.41) is 0. The second kappa shape index (κ2) is 3.77. The van der Waals surface area contributed by atoms with Crippen molar-refractivity contribution in [3.63, 3.8) is 0 Å². The molecule has 11 heavy (non-hydrogen) atoms. The predicted octanol–water partition coefficient (Wildman–Crippen LogP) is 2.10. The van der Waals surface area contributed by atoms with Gasteiger partial charge >= 0.3 is 0 Å². The van der Waals surface area contributed by atoms with Gasteiger partial charge in [0.25, 0.3) is 0 Å². The highest BCUT2D eigenvalue weighted by Gasteiger charge is 2.19. The van der Waals surface area contributed by atoms with Gasteiger partial charge in [0, 0.05) is 0 Å². The summed E-state index contributed by atoms with van der Waals surface area (Å²) < 4.78 is 10.5. The Morgan fingerprint density at radius 3 is 2.82 bits per heavy atom. The van der Waals surface area contributed by atoms with Crippen molar-refractivity contribution in [2.24, 2.45) is 0 Å². The van der Waals surface area contributed by atoms with Crippen LogP contribution in [0, 0.1) is 0 Å². The summed E-state index contributed by atoms with van der Waals surface area (Å²) in [6.45, 7) is 4.18. The molecule has 64 valence electrons. The Labute approximate surface area is 68.2 Å². The summed E-state index contributed by atoms with van der Waals surface area (Å²) in [6, 6.07) is 0. The summed E-state index contributed by atoms with van der Waals surface area (Å²) in [4.78, 5) is 0. The topological polar surface area (TPSA) is 18.5 Å². The van der Waals surface area contributed by atoms with Crippen LogP contribution < -0.4 is 0 Å². The van der Waals surface area contributed by atoms with E-state index in [-0.39, 0.29) is 6.10 Å². The summed E-state index contributed by atoms with van der Waals surface area (Å²) in [7, 11) is 1.68. The Hall–Kier alpha value is -0.500. The van der Waals surface area contributed by atoms with Gasteiger partial charge in [0.15, 0.2) is 0 Å². The van der Waals surface area contributed by atoms with Gasteiger partial charge in [-0.3, -0.25) is 0 Å². The fourth-order valence-electron chi connectivity index (χ4n) is 1.38. The molecule has 1 fully saturated rings. The summed E-state index contributed by atoms with van der Waals surface area (Å²) in [5.41, 5.74) is 1.27. The van der Waals surface area contributed by atoms with Gasteiger partial charge in [-0.25, -0.2) is 0 Å². The number of ether oxygens (including phenoxy) is 2. The lowest BCUT2D eigenvalue weighted by atomic mass is 10.0. The predicted molar refractivity (Wildman–Crippen MR) is 44.3 cm³/mol. The minimum Gasteiger partial charge on any atom is -0.504 e. The lowest BCUT2D eigenvalue weighted by Crippen LogP contribution is -2.25. The molecular weight excluding hydrogens is 140 g/mol. The standard InChI is InChI=1S/C9H16O2/c1-7-4-5-9(6-10-3)8(2)11-7/h6-8H,4-5H2,1-3H3. The van der Waals surface area contributed by atoms with E-state index in [1.54, 1.807) is 13.4 Å². The highest BCUT2D eigenvalue weighted by molar-refractivity contribution is 5.06. The zero-order chi connectivity index (χ0) is 8.27. The molecule has 1 aliphatic rings. The molecule has 2 atom stereocenters. The van der Waals surface area contributed by atoms with Crippen molar-refractivity contribution in [1.29, 1.82) is 0 Å². The molecule has 2 unspecified atom stereocenters. The molecule has 0 aromatic heterocycles. The number of rotatable bonds is 1. The Balaban J connectivity index is 2.50. The van der Waals surface area contributed by atoms with Crippen LogP contribution in [0.5, 0.6) is 0 Å². The van der Waals surface area contributed by atoms with Gasteiger partial charge in [-0.15, -0.1) is 0 Å². The molecule has 1 saturated heterocycles. The van der Waals surface area contributed by atoms with Crippen LogP contribution in [0.3, 0.4) is 0 Å². The van der Waals surface area contributed by atoms with E-state index in [1.807, 2.05) is 0 Å². The van der Waals surface area contributed by atoms with E-state index in [0.717, 1.165) is 12.8 Å². The van der Waals surface area contributed by atoms with E-state index in [0.29, 0.717) is 6.10 Å². The zero-order valence-corrected chi connectivity index (χ0v) is 7.46.